The Kier molecular flexibility index (Phi) is 4.99. The molecule has 140 valence electrons. The van der Waals surface area contributed by atoms with Crippen molar-refractivity contribution >= 4 is 11.0 Å². The van der Waals surface area contributed by atoms with Crippen LogP contribution in [0.1, 0.15) is 49.4 Å². The van der Waals surface area contributed by atoms with Crippen molar-refractivity contribution in [1.82, 2.24) is 0 Å². The summed E-state index contributed by atoms with van der Waals surface area (Å²) in [6, 6.07) is 16.5. The van der Waals surface area contributed by atoms with E-state index in [4.69, 9.17) is 9.15 Å². The number of aryl methyl sites for hydroxylation is 1. The second kappa shape index (κ2) is 7.57. The number of unbranched alkanes of at least 4 members (excludes halogenated alkanes) is 1. The summed E-state index contributed by atoms with van der Waals surface area (Å²) in [6.45, 7) is 5.76. The number of hydrogen-bond donors (Lipinski definition) is 1. The van der Waals surface area contributed by atoms with Gasteiger partial charge in [0, 0.05) is 17.0 Å². The van der Waals surface area contributed by atoms with Crippen molar-refractivity contribution in [1.29, 1.82) is 0 Å². The number of rotatable bonds is 5. The SMILES string of the molecule is CCCCc1cc(=O)oc2c3c(ccc12)OC[NH+]([C@H](C)c1ccccc1)C3. The molecule has 2 heterocycles. The van der Waals surface area contributed by atoms with Gasteiger partial charge in [-0.3, -0.25) is 4.90 Å². The van der Waals surface area contributed by atoms with Gasteiger partial charge in [0.05, 0.1) is 5.56 Å². The Morgan fingerprint density at radius 3 is 2.74 bits per heavy atom. The van der Waals surface area contributed by atoms with Gasteiger partial charge < -0.3 is 9.15 Å². The van der Waals surface area contributed by atoms with Crippen LogP contribution in [-0.2, 0) is 13.0 Å². The van der Waals surface area contributed by atoms with Gasteiger partial charge in [0.2, 0.25) is 6.73 Å². The van der Waals surface area contributed by atoms with Gasteiger partial charge in [-0.1, -0.05) is 43.7 Å². The van der Waals surface area contributed by atoms with Crippen molar-refractivity contribution in [3.05, 3.63) is 75.6 Å². The van der Waals surface area contributed by atoms with E-state index in [9.17, 15) is 4.79 Å². The second-order valence-corrected chi connectivity index (χ2v) is 7.37. The number of benzene rings is 2. The van der Waals surface area contributed by atoms with E-state index < -0.39 is 0 Å². The van der Waals surface area contributed by atoms with Crippen LogP contribution >= 0.6 is 0 Å². The molecular weight excluding hydrogens is 338 g/mol. The molecule has 4 nitrogen and oxygen atoms in total. The summed E-state index contributed by atoms with van der Waals surface area (Å²) in [7, 11) is 0. The Hall–Kier alpha value is -2.59. The molecule has 0 spiro atoms. The summed E-state index contributed by atoms with van der Waals surface area (Å²) in [5.41, 5.74) is 3.79. The predicted octanol–water partition coefficient (Wildman–Crippen LogP) is 3.63. The number of quaternary nitrogens is 1. The molecule has 0 amide bonds. The molecule has 1 N–H and O–H groups in total. The topological polar surface area (TPSA) is 43.9 Å². The third-order valence-electron chi connectivity index (χ3n) is 5.59. The number of nitrogens with one attached hydrogen (secondary N) is 1. The minimum absolute atomic E-state index is 0.273. The molecule has 1 aliphatic rings. The van der Waals surface area contributed by atoms with Gasteiger partial charge in [0.25, 0.3) is 0 Å². The van der Waals surface area contributed by atoms with Crippen LogP contribution in [0.15, 0.2) is 57.7 Å². The van der Waals surface area contributed by atoms with E-state index in [1.807, 2.05) is 18.2 Å². The third-order valence-corrected chi connectivity index (χ3v) is 5.59. The molecule has 3 aromatic rings. The van der Waals surface area contributed by atoms with E-state index >= 15 is 0 Å². The van der Waals surface area contributed by atoms with E-state index in [2.05, 4.69) is 38.1 Å². The van der Waals surface area contributed by atoms with Crippen LogP contribution in [0.2, 0.25) is 0 Å². The van der Waals surface area contributed by atoms with Gasteiger partial charge in [-0.05, 0) is 37.5 Å². The maximum absolute atomic E-state index is 12.2. The van der Waals surface area contributed by atoms with Crippen molar-refractivity contribution in [3.8, 4) is 5.75 Å². The quantitative estimate of drug-likeness (QED) is 0.703. The van der Waals surface area contributed by atoms with Crippen LogP contribution in [0.25, 0.3) is 11.0 Å². The van der Waals surface area contributed by atoms with E-state index in [0.29, 0.717) is 18.4 Å². The summed E-state index contributed by atoms with van der Waals surface area (Å²) < 4.78 is 11.7. The smallest absolute Gasteiger partial charge is 0.336 e. The zero-order valence-corrected chi connectivity index (χ0v) is 16.0. The molecule has 27 heavy (non-hydrogen) atoms. The summed E-state index contributed by atoms with van der Waals surface area (Å²) in [5, 5.41) is 1.04. The highest BCUT2D eigenvalue weighted by atomic mass is 16.5. The van der Waals surface area contributed by atoms with Gasteiger partial charge in [0.15, 0.2) is 5.58 Å². The van der Waals surface area contributed by atoms with Crippen molar-refractivity contribution in [2.45, 2.75) is 45.7 Å². The average molecular weight is 364 g/mol. The highest BCUT2D eigenvalue weighted by Crippen LogP contribution is 2.31. The van der Waals surface area contributed by atoms with Crippen LogP contribution in [0.4, 0.5) is 0 Å². The van der Waals surface area contributed by atoms with E-state index in [-0.39, 0.29) is 5.63 Å². The first kappa shape index (κ1) is 17.8. The molecule has 0 bridgehead atoms. The van der Waals surface area contributed by atoms with Crippen LogP contribution in [-0.4, -0.2) is 6.73 Å². The molecule has 4 rings (SSSR count). The first-order valence-electron chi connectivity index (χ1n) is 9.78. The van der Waals surface area contributed by atoms with Crippen LogP contribution in [0, 0.1) is 0 Å². The summed E-state index contributed by atoms with van der Waals surface area (Å²) >= 11 is 0. The first-order chi connectivity index (χ1) is 13.2. The summed E-state index contributed by atoms with van der Waals surface area (Å²) in [4.78, 5) is 13.5. The van der Waals surface area contributed by atoms with Crippen molar-refractivity contribution in [2.75, 3.05) is 6.73 Å². The average Bonchev–Trinajstić information content (AvgIpc) is 2.71. The van der Waals surface area contributed by atoms with Gasteiger partial charge in [-0.25, -0.2) is 4.79 Å². The number of hydrogen-bond acceptors (Lipinski definition) is 3. The molecular formula is C23H26NO3+. The normalized spacial score (nSPS) is 17.3. The first-order valence-corrected chi connectivity index (χ1v) is 9.78. The van der Waals surface area contributed by atoms with Crippen LogP contribution in [0.3, 0.4) is 0 Å². The minimum atomic E-state index is -0.273. The molecule has 0 radical (unpaired) electrons. The minimum Gasteiger partial charge on any atom is -0.445 e. The van der Waals surface area contributed by atoms with Gasteiger partial charge in [-0.2, -0.15) is 0 Å². The molecule has 0 saturated carbocycles. The Morgan fingerprint density at radius 1 is 1.15 bits per heavy atom. The zero-order valence-electron chi connectivity index (χ0n) is 16.0. The highest BCUT2D eigenvalue weighted by Gasteiger charge is 2.29. The summed E-state index contributed by atoms with van der Waals surface area (Å²) in [5.74, 6) is 0.835. The number of ether oxygens (including phenoxy) is 1. The Bertz CT molecular complexity index is 994. The van der Waals surface area contributed by atoms with E-state index in [1.165, 1.54) is 10.5 Å². The largest absolute Gasteiger partial charge is 0.445 e. The lowest BCUT2D eigenvalue weighted by molar-refractivity contribution is -0.960. The lowest BCUT2D eigenvalue weighted by Crippen LogP contribution is -3.12. The van der Waals surface area contributed by atoms with E-state index in [1.54, 1.807) is 6.07 Å². The molecule has 0 fully saturated rings. The van der Waals surface area contributed by atoms with Crippen molar-refractivity contribution < 1.29 is 14.1 Å². The highest BCUT2D eigenvalue weighted by molar-refractivity contribution is 5.85. The maximum Gasteiger partial charge on any atom is 0.336 e. The zero-order chi connectivity index (χ0) is 18.8. The standard InChI is InChI=1S/C23H25NO3/c1-3-4-8-18-13-22(25)27-23-19(18)11-12-21-20(23)14-24(15-26-21)16(2)17-9-6-5-7-10-17/h5-7,9-13,16H,3-4,8,14-15H2,1-2H3/p+1/t16-/m1/s1. The molecule has 1 aliphatic heterocycles. The Morgan fingerprint density at radius 2 is 1.96 bits per heavy atom. The van der Waals surface area contributed by atoms with Crippen LogP contribution in [0.5, 0.6) is 5.75 Å². The van der Waals surface area contributed by atoms with Crippen molar-refractivity contribution in [2.24, 2.45) is 0 Å². The Labute approximate surface area is 159 Å². The lowest BCUT2D eigenvalue weighted by Gasteiger charge is -2.31. The fourth-order valence-corrected chi connectivity index (χ4v) is 3.91. The maximum atomic E-state index is 12.2. The Balaban J connectivity index is 1.73. The van der Waals surface area contributed by atoms with Gasteiger partial charge in [0.1, 0.15) is 18.3 Å². The fourth-order valence-electron chi connectivity index (χ4n) is 3.91. The van der Waals surface area contributed by atoms with Crippen molar-refractivity contribution in [3.63, 3.8) is 0 Å². The molecule has 0 aliphatic carbocycles. The molecule has 1 unspecified atom stereocenters. The summed E-state index contributed by atoms with van der Waals surface area (Å²) in [6.07, 6.45) is 3.06. The molecule has 2 atom stereocenters. The lowest BCUT2D eigenvalue weighted by atomic mass is 10.00. The van der Waals surface area contributed by atoms with Crippen LogP contribution < -0.4 is 15.3 Å². The molecule has 0 saturated heterocycles. The fraction of sp³-hybridized carbons (Fsp3) is 0.348. The molecule has 2 aromatic carbocycles. The van der Waals surface area contributed by atoms with Gasteiger partial charge in [-0.15, -0.1) is 0 Å². The van der Waals surface area contributed by atoms with E-state index in [0.717, 1.165) is 48.1 Å². The third kappa shape index (κ3) is 3.50. The second-order valence-electron chi connectivity index (χ2n) is 7.37. The monoisotopic (exact) mass is 364 g/mol. The predicted molar refractivity (Wildman–Crippen MR) is 106 cm³/mol. The molecule has 4 heteroatoms. The number of fused-ring (bicyclic) bond motifs is 3. The van der Waals surface area contributed by atoms with Gasteiger partial charge >= 0.3 is 5.63 Å². The molecule has 1 aromatic heterocycles.